The molecule has 0 rings (SSSR count). The van der Waals surface area contributed by atoms with Gasteiger partial charge in [0.2, 0.25) is 0 Å². The van der Waals surface area contributed by atoms with Crippen LogP contribution in [0.25, 0.3) is 0 Å². The molecule has 0 aliphatic rings. The van der Waals surface area contributed by atoms with Crippen LogP contribution in [-0.2, 0) is 65.9 Å². The Morgan fingerprint density at radius 1 is 0.444 bits per heavy atom. The number of rotatable bonds is 0. The topological polar surface area (TPSA) is 224 Å². The third kappa shape index (κ3) is 1030. The van der Waals surface area contributed by atoms with E-state index in [1.54, 1.807) is 0 Å². The molecule has 0 aromatic carbocycles. The second-order valence-corrected chi connectivity index (χ2v) is 4.03. The van der Waals surface area contributed by atoms with Gasteiger partial charge in [0, 0.05) is 34.7 Å². The molecule has 0 amide bonds. The van der Waals surface area contributed by atoms with Crippen LogP contribution >= 0.6 is 0 Å². The van der Waals surface area contributed by atoms with Crippen molar-refractivity contribution in [2.24, 2.45) is 0 Å². The van der Waals surface area contributed by atoms with Crippen LogP contribution in [-0.4, -0.2) is 104 Å². The third-order valence-corrected chi connectivity index (χ3v) is 0. The number of hydrogen-bond acceptors (Lipinski definition) is 6. The maximum atomic E-state index is 8.74. The Morgan fingerprint density at radius 3 is 0.444 bits per heavy atom. The molecule has 0 spiro atoms. The molecule has 0 atom stereocenters. The van der Waals surface area contributed by atoms with E-state index in [4.69, 9.17) is 52.6 Å². The van der Waals surface area contributed by atoms with E-state index in [9.17, 15) is 0 Å². The van der Waals surface area contributed by atoms with E-state index in [0.29, 0.717) is 0 Å². The van der Waals surface area contributed by atoms with Crippen LogP contribution in [0.15, 0.2) is 0 Å². The summed E-state index contributed by atoms with van der Waals surface area (Å²) in [7, 11) is -14.0. The van der Waals surface area contributed by atoms with Gasteiger partial charge in [-0.1, -0.05) is 0 Å². The molecule has 0 fully saturated rings. The molecule has 18 heavy (non-hydrogen) atoms. The van der Waals surface area contributed by atoms with Gasteiger partial charge in [-0.3, -0.25) is 27.3 Å². The van der Waals surface area contributed by atoms with Gasteiger partial charge < -0.3 is 0 Å². The van der Waals surface area contributed by atoms with Gasteiger partial charge in [0.15, 0.2) is 0 Å². The number of hydrogen-bond donors (Lipinski definition) is 6. The normalized spacial score (nSPS) is 9.67. The molecule has 0 unspecified atom stereocenters. The van der Waals surface area contributed by atoms with E-state index in [0.717, 1.165) is 0 Å². The summed E-state index contributed by atoms with van der Waals surface area (Å²) < 4.78 is 94.8. The quantitative estimate of drug-likeness (QED) is 0.169. The predicted molar refractivity (Wildman–Crippen MR) is 49.7 cm³/mol. The van der Waals surface area contributed by atoms with Crippen molar-refractivity contribution in [2.45, 2.75) is 0 Å². The summed E-state index contributed by atoms with van der Waals surface area (Å²) in [6.07, 6.45) is 0. The van der Waals surface area contributed by atoms with Crippen molar-refractivity contribution in [3.05, 3.63) is 0 Å². The van der Waals surface area contributed by atoms with Gasteiger partial charge in [-0.15, -0.1) is 0 Å². The Balaban J connectivity index is -0.0000000277. The Bertz CT molecular complexity index is 346. The fourth-order valence-electron chi connectivity index (χ4n) is 0. The van der Waals surface area contributed by atoms with Crippen LogP contribution in [0.5, 0.6) is 0 Å². The molecule has 6 N–H and O–H groups in total. The molecular weight excluding hydrogens is 431 g/mol. The average molecular weight is 438 g/mol. The molecule has 0 bridgehead atoms. The van der Waals surface area contributed by atoms with Gasteiger partial charge in [-0.2, -0.15) is 25.3 Å². The molecule has 12 nitrogen and oxygen atoms in total. The molecule has 0 aliphatic heterocycles. The third-order valence-electron chi connectivity index (χ3n) is 0. The Hall–Kier alpha value is 2.31. The van der Waals surface area contributed by atoms with Crippen molar-refractivity contribution >= 4 is 82.6 Å². The van der Waals surface area contributed by atoms with Gasteiger partial charge in [-0.25, -0.2) is 0 Å². The fraction of sp³-hybridized carbons (Fsp3) is 0. The fourth-order valence-corrected chi connectivity index (χ4v) is 0. The zero-order chi connectivity index (χ0) is 13.5. The Labute approximate surface area is 167 Å². The van der Waals surface area contributed by atoms with Crippen molar-refractivity contribution in [3.63, 3.8) is 0 Å². The zero-order valence-corrected chi connectivity index (χ0v) is 12.2. The zero-order valence-electron chi connectivity index (χ0n) is 7.17. The van der Waals surface area contributed by atoms with Crippen LogP contribution in [0.4, 0.5) is 0 Å². The molecule has 0 aromatic rings. The van der Waals surface area contributed by atoms with Crippen LogP contribution in [0.1, 0.15) is 0 Å². The first kappa shape index (κ1) is 37.0. The van der Waals surface area contributed by atoms with Crippen molar-refractivity contribution < 1.29 is 87.3 Å². The van der Waals surface area contributed by atoms with E-state index >= 15 is 0 Å². The monoisotopic (exact) mass is 438 g/mol. The predicted octanol–water partition coefficient (Wildman–Crippen LogP) is -2.61. The van der Waals surface area contributed by atoms with Crippen molar-refractivity contribution in [1.29, 1.82) is 0 Å². The standard InChI is InChI=1S/2Cr.K.3H2O4S.H/c;;;3*1-5(2,3)4;/h;;;3*(H2,1,2,3,4);. The molecule has 0 saturated carbocycles. The first-order chi connectivity index (χ1) is 6.00. The van der Waals surface area contributed by atoms with Crippen molar-refractivity contribution in [1.82, 2.24) is 0 Å². The van der Waals surface area contributed by atoms with Gasteiger partial charge in [-0.05, 0) is 0 Å². The van der Waals surface area contributed by atoms with Gasteiger partial charge >= 0.3 is 82.6 Å². The summed E-state index contributed by atoms with van der Waals surface area (Å²) in [4.78, 5) is 0. The molecular formula is H7Cr2KO12S3. The van der Waals surface area contributed by atoms with Crippen LogP contribution in [0, 0.1) is 0 Å². The SMILES string of the molecule is O=S(=O)(O)O.O=S(=O)(O)O.O=S(=O)(O)O.[Cr].[Cr].[KH]. The molecule has 0 heterocycles. The molecule has 110 valence electrons. The van der Waals surface area contributed by atoms with Gasteiger partial charge in [0.05, 0.1) is 0 Å². The van der Waals surface area contributed by atoms with E-state index in [1.165, 1.54) is 0 Å². The molecule has 0 radical (unpaired) electrons. The van der Waals surface area contributed by atoms with Crippen LogP contribution < -0.4 is 0 Å². The molecule has 18 heteroatoms. The average Bonchev–Trinajstić information content (AvgIpc) is 1.41. The molecule has 0 aromatic heterocycles. The first-order valence-corrected chi connectivity index (χ1v) is 6.29. The van der Waals surface area contributed by atoms with E-state index in [2.05, 4.69) is 0 Å². The summed E-state index contributed by atoms with van der Waals surface area (Å²) in [6, 6.07) is 0. The molecule has 0 aliphatic carbocycles. The summed E-state index contributed by atoms with van der Waals surface area (Å²) >= 11 is 0. The van der Waals surface area contributed by atoms with Crippen LogP contribution in [0.3, 0.4) is 0 Å². The first-order valence-electron chi connectivity index (χ1n) is 2.10. The van der Waals surface area contributed by atoms with Gasteiger partial charge in [0.25, 0.3) is 0 Å². The second kappa shape index (κ2) is 15.7. The van der Waals surface area contributed by atoms with Crippen LogP contribution in [0.2, 0.25) is 0 Å². The van der Waals surface area contributed by atoms with E-state index in [1.807, 2.05) is 0 Å². The Kier molecular flexibility index (Phi) is 32.2. The van der Waals surface area contributed by atoms with E-state index < -0.39 is 31.2 Å². The summed E-state index contributed by atoms with van der Waals surface area (Å²) in [5, 5.41) is 0. The van der Waals surface area contributed by atoms with E-state index in [-0.39, 0.29) is 86.1 Å². The van der Waals surface area contributed by atoms with Crippen molar-refractivity contribution in [2.75, 3.05) is 0 Å². The summed E-state index contributed by atoms with van der Waals surface area (Å²) in [5.74, 6) is 0. The van der Waals surface area contributed by atoms with Crippen molar-refractivity contribution in [3.8, 4) is 0 Å². The maximum absolute atomic E-state index is 8.74. The minimum atomic E-state index is -4.67. The summed E-state index contributed by atoms with van der Waals surface area (Å²) in [6.45, 7) is 0. The van der Waals surface area contributed by atoms with Gasteiger partial charge in [0.1, 0.15) is 0 Å². The summed E-state index contributed by atoms with van der Waals surface area (Å²) in [5.41, 5.74) is 0. The Morgan fingerprint density at radius 2 is 0.444 bits per heavy atom. The molecule has 0 saturated heterocycles. The minimum absolute atomic E-state index is 0. The second-order valence-electron chi connectivity index (χ2n) is 1.34.